The second-order valence-electron chi connectivity index (χ2n) is 8.52. The summed E-state index contributed by atoms with van der Waals surface area (Å²) in [4.78, 5) is 12.5. The second-order valence-corrected chi connectivity index (χ2v) is 8.52. The summed E-state index contributed by atoms with van der Waals surface area (Å²) in [6.45, 7) is 4.60. The quantitative estimate of drug-likeness (QED) is 0.764. The number of fused-ring (bicyclic) bond motifs is 2. The third-order valence-corrected chi connectivity index (χ3v) is 6.17. The first-order valence-corrected chi connectivity index (χ1v) is 9.65. The number of carbonyl (C=O) groups is 1. The van der Waals surface area contributed by atoms with Crippen LogP contribution in [-0.2, 0) is 4.79 Å². The van der Waals surface area contributed by atoms with Crippen LogP contribution in [-0.4, -0.2) is 24.0 Å². The van der Waals surface area contributed by atoms with Gasteiger partial charge in [0.15, 0.2) is 0 Å². The van der Waals surface area contributed by atoms with E-state index in [1.807, 2.05) is 0 Å². The Morgan fingerprint density at radius 1 is 1.13 bits per heavy atom. The highest BCUT2D eigenvalue weighted by atomic mass is 35.5. The van der Waals surface area contributed by atoms with Crippen molar-refractivity contribution in [2.45, 2.75) is 96.2 Å². The summed E-state index contributed by atoms with van der Waals surface area (Å²) >= 11 is 0. The molecule has 3 aliphatic rings. The van der Waals surface area contributed by atoms with Crippen molar-refractivity contribution < 1.29 is 4.79 Å². The number of hydrogen-bond acceptors (Lipinski definition) is 2. The molecule has 2 aliphatic heterocycles. The molecule has 0 spiro atoms. The molecule has 1 aliphatic carbocycles. The SMILES string of the molecule is CC(C)CCC1CCCC1NC(=O)CC1CC2CCC(C1)N2.Cl. The van der Waals surface area contributed by atoms with Gasteiger partial charge in [-0.15, -0.1) is 12.4 Å². The lowest BCUT2D eigenvalue weighted by Crippen LogP contribution is -2.42. The van der Waals surface area contributed by atoms with Gasteiger partial charge in [0.05, 0.1) is 0 Å². The summed E-state index contributed by atoms with van der Waals surface area (Å²) in [6, 6.07) is 1.85. The van der Waals surface area contributed by atoms with Gasteiger partial charge in [0, 0.05) is 24.5 Å². The molecule has 3 nitrogen and oxygen atoms in total. The van der Waals surface area contributed by atoms with E-state index in [1.54, 1.807) is 0 Å². The summed E-state index contributed by atoms with van der Waals surface area (Å²) in [5.74, 6) is 2.46. The van der Waals surface area contributed by atoms with Gasteiger partial charge >= 0.3 is 0 Å². The predicted molar refractivity (Wildman–Crippen MR) is 97.9 cm³/mol. The van der Waals surface area contributed by atoms with Crippen LogP contribution in [0.1, 0.15) is 78.1 Å². The molecule has 1 amide bonds. The molecule has 2 bridgehead atoms. The average molecular weight is 343 g/mol. The lowest BCUT2D eigenvalue weighted by atomic mass is 9.89. The van der Waals surface area contributed by atoms with E-state index < -0.39 is 0 Å². The van der Waals surface area contributed by atoms with Crippen LogP contribution in [0.5, 0.6) is 0 Å². The molecule has 2 N–H and O–H groups in total. The van der Waals surface area contributed by atoms with E-state index in [1.165, 1.54) is 57.8 Å². The molecule has 2 heterocycles. The zero-order chi connectivity index (χ0) is 15.5. The standard InChI is InChI=1S/C19H34N2O.ClH/c1-13(2)6-7-15-4-3-5-18(15)21-19(22)12-14-10-16-8-9-17(11-14)20-16;/h13-18,20H,3-12H2,1-2H3,(H,21,22);1H. The molecule has 0 aromatic heterocycles. The molecule has 0 aromatic carbocycles. The van der Waals surface area contributed by atoms with E-state index in [2.05, 4.69) is 24.5 Å². The van der Waals surface area contributed by atoms with Gasteiger partial charge in [-0.05, 0) is 62.7 Å². The number of halogens is 1. The molecule has 134 valence electrons. The van der Waals surface area contributed by atoms with Crippen LogP contribution in [0.2, 0.25) is 0 Å². The highest BCUT2D eigenvalue weighted by Crippen LogP contribution is 2.34. The molecular formula is C19H35ClN2O. The molecule has 4 atom stereocenters. The third kappa shape index (κ3) is 5.35. The first-order valence-electron chi connectivity index (χ1n) is 9.65. The number of amides is 1. The fraction of sp³-hybridized carbons (Fsp3) is 0.947. The van der Waals surface area contributed by atoms with Gasteiger partial charge in [-0.3, -0.25) is 4.79 Å². The summed E-state index contributed by atoms with van der Waals surface area (Å²) in [6.07, 6.45) is 12.2. The van der Waals surface area contributed by atoms with Crippen molar-refractivity contribution in [1.29, 1.82) is 0 Å². The van der Waals surface area contributed by atoms with Crippen molar-refractivity contribution in [2.24, 2.45) is 17.8 Å². The molecule has 0 aromatic rings. The fourth-order valence-corrected chi connectivity index (χ4v) is 4.99. The zero-order valence-electron chi connectivity index (χ0n) is 14.9. The Labute approximate surface area is 148 Å². The van der Waals surface area contributed by atoms with Gasteiger partial charge in [-0.2, -0.15) is 0 Å². The summed E-state index contributed by atoms with van der Waals surface area (Å²) in [5, 5.41) is 7.06. The molecule has 4 heteroatoms. The lowest BCUT2D eigenvalue weighted by molar-refractivity contribution is -0.123. The second kappa shape index (κ2) is 8.71. The van der Waals surface area contributed by atoms with Crippen molar-refractivity contribution in [1.82, 2.24) is 10.6 Å². The summed E-state index contributed by atoms with van der Waals surface area (Å²) in [7, 11) is 0. The molecule has 3 fully saturated rings. The van der Waals surface area contributed by atoms with Crippen LogP contribution in [0.3, 0.4) is 0 Å². The highest BCUT2D eigenvalue weighted by molar-refractivity contribution is 5.85. The van der Waals surface area contributed by atoms with Gasteiger partial charge in [-0.1, -0.05) is 26.7 Å². The van der Waals surface area contributed by atoms with Crippen molar-refractivity contribution in [3.8, 4) is 0 Å². The zero-order valence-corrected chi connectivity index (χ0v) is 15.7. The first-order chi connectivity index (χ1) is 10.6. The Bertz CT molecular complexity index is 376. The minimum absolute atomic E-state index is 0. The highest BCUT2D eigenvalue weighted by Gasteiger charge is 2.35. The average Bonchev–Trinajstić information content (AvgIpc) is 3.03. The molecule has 3 rings (SSSR count). The largest absolute Gasteiger partial charge is 0.353 e. The lowest BCUT2D eigenvalue weighted by Gasteiger charge is -2.29. The fourth-order valence-electron chi connectivity index (χ4n) is 4.99. The number of piperidine rings is 1. The summed E-state index contributed by atoms with van der Waals surface area (Å²) < 4.78 is 0. The number of hydrogen-bond donors (Lipinski definition) is 2. The van der Waals surface area contributed by atoms with Gasteiger partial charge in [0.2, 0.25) is 5.91 Å². The molecular weight excluding hydrogens is 308 g/mol. The monoisotopic (exact) mass is 342 g/mol. The van der Waals surface area contributed by atoms with Crippen LogP contribution in [0.25, 0.3) is 0 Å². The van der Waals surface area contributed by atoms with E-state index in [4.69, 9.17) is 0 Å². The van der Waals surface area contributed by atoms with Crippen molar-refractivity contribution in [2.75, 3.05) is 0 Å². The van der Waals surface area contributed by atoms with Crippen LogP contribution in [0.15, 0.2) is 0 Å². The Kier molecular flexibility index (Phi) is 7.21. The molecule has 2 saturated heterocycles. The maximum atomic E-state index is 12.5. The van der Waals surface area contributed by atoms with E-state index in [-0.39, 0.29) is 12.4 Å². The van der Waals surface area contributed by atoms with Crippen molar-refractivity contribution in [3.05, 3.63) is 0 Å². The third-order valence-electron chi connectivity index (χ3n) is 6.17. The number of nitrogens with one attached hydrogen (secondary N) is 2. The maximum absolute atomic E-state index is 12.5. The maximum Gasteiger partial charge on any atom is 0.220 e. The van der Waals surface area contributed by atoms with Gasteiger partial charge in [0.1, 0.15) is 0 Å². The van der Waals surface area contributed by atoms with Gasteiger partial charge < -0.3 is 10.6 Å². The topological polar surface area (TPSA) is 41.1 Å². The van der Waals surface area contributed by atoms with Crippen LogP contribution in [0.4, 0.5) is 0 Å². The minimum atomic E-state index is 0. The van der Waals surface area contributed by atoms with Crippen LogP contribution >= 0.6 is 12.4 Å². The van der Waals surface area contributed by atoms with E-state index in [0.29, 0.717) is 30.0 Å². The Hall–Kier alpha value is -0.280. The first kappa shape index (κ1) is 19.1. The van der Waals surface area contributed by atoms with Gasteiger partial charge in [0.25, 0.3) is 0 Å². The minimum Gasteiger partial charge on any atom is -0.353 e. The Morgan fingerprint density at radius 3 is 2.48 bits per heavy atom. The van der Waals surface area contributed by atoms with Crippen molar-refractivity contribution >= 4 is 18.3 Å². The van der Waals surface area contributed by atoms with E-state index >= 15 is 0 Å². The predicted octanol–water partition coefficient (Wildman–Crippen LogP) is 4.05. The normalized spacial score (nSPS) is 36.0. The Morgan fingerprint density at radius 2 is 1.83 bits per heavy atom. The molecule has 0 radical (unpaired) electrons. The van der Waals surface area contributed by atoms with E-state index in [0.717, 1.165) is 18.3 Å². The Balaban J connectivity index is 0.00000192. The smallest absolute Gasteiger partial charge is 0.220 e. The summed E-state index contributed by atoms with van der Waals surface area (Å²) in [5.41, 5.74) is 0. The van der Waals surface area contributed by atoms with E-state index in [9.17, 15) is 4.79 Å². The number of rotatable bonds is 6. The van der Waals surface area contributed by atoms with Crippen molar-refractivity contribution in [3.63, 3.8) is 0 Å². The van der Waals surface area contributed by atoms with Crippen LogP contribution < -0.4 is 10.6 Å². The van der Waals surface area contributed by atoms with Crippen LogP contribution in [0, 0.1) is 17.8 Å². The number of carbonyl (C=O) groups excluding carboxylic acids is 1. The molecule has 1 saturated carbocycles. The molecule has 23 heavy (non-hydrogen) atoms. The molecule has 4 unspecified atom stereocenters. The van der Waals surface area contributed by atoms with Gasteiger partial charge in [-0.25, -0.2) is 0 Å².